The lowest BCUT2D eigenvalue weighted by Crippen LogP contribution is -2.13. The molecule has 3 aromatic carbocycles. The molecular weight excluding hydrogens is 472 g/mol. The number of carbonyl (C=O) groups is 2. The lowest BCUT2D eigenvalue weighted by Gasteiger charge is -2.10. The zero-order chi connectivity index (χ0) is 23.1. The number of benzene rings is 3. The van der Waals surface area contributed by atoms with E-state index < -0.39 is 11.9 Å². The fourth-order valence-electron chi connectivity index (χ4n) is 2.81. The van der Waals surface area contributed by atoms with Crippen LogP contribution in [-0.2, 0) is 11.4 Å². The van der Waals surface area contributed by atoms with Crippen molar-refractivity contribution in [1.29, 1.82) is 5.26 Å². The average Bonchev–Trinajstić information content (AvgIpc) is 2.78. The number of rotatable bonds is 7. The molecule has 0 unspecified atom stereocenters. The maximum absolute atomic E-state index is 12.5. The summed E-state index contributed by atoms with van der Waals surface area (Å²) in [6, 6.07) is 21.0. The molecule has 0 saturated carbocycles. The first-order valence-electron chi connectivity index (χ1n) is 9.60. The second-order valence-corrected chi connectivity index (χ2v) is 7.83. The van der Waals surface area contributed by atoms with Crippen LogP contribution in [0.4, 0.5) is 5.69 Å². The van der Waals surface area contributed by atoms with Crippen LogP contribution in [0.25, 0.3) is 6.08 Å². The number of nitrogens with zero attached hydrogens (tertiary/aromatic N) is 1. The van der Waals surface area contributed by atoms with Crippen molar-refractivity contribution in [2.24, 2.45) is 0 Å². The van der Waals surface area contributed by atoms with Gasteiger partial charge in [-0.3, -0.25) is 4.79 Å². The van der Waals surface area contributed by atoms with E-state index in [1.807, 2.05) is 37.3 Å². The molecule has 0 spiro atoms. The summed E-state index contributed by atoms with van der Waals surface area (Å²) in [7, 11) is 0. The highest BCUT2D eigenvalue weighted by atomic mass is 79.9. The second kappa shape index (κ2) is 10.4. The largest absolute Gasteiger partial charge is 0.488 e. The minimum absolute atomic E-state index is 0.0374. The minimum atomic E-state index is -1.10. The predicted molar refractivity (Wildman–Crippen MR) is 125 cm³/mol. The number of aryl methyl sites for hydroxylation is 1. The number of ether oxygens (including phenoxy) is 1. The molecule has 160 valence electrons. The Labute approximate surface area is 193 Å². The fourth-order valence-corrected chi connectivity index (χ4v) is 3.32. The van der Waals surface area contributed by atoms with Crippen molar-refractivity contribution in [2.75, 3.05) is 5.32 Å². The maximum atomic E-state index is 12.5. The van der Waals surface area contributed by atoms with Gasteiger partial charge in [-0.25, -0.2) is 4.79 Å². The molecule has 0 saturated heterocycles. The summed E-state index contributed by atoms with van der Waals surface area (Å²) in [5, 5.41) is 21.0. The summed E-state index contributed by atoms with van der Waals surface area (Å²) in [5.74, 6) is -1.10. The van der Waals surface area contributed by atoms with Gasteiger partial charge in [-0.15, -0.1) is 0 Å². The Kier molecular flexibility index (Phi) is 7.42. The zero-order valence-corrected chi connectivity index (χ0v) is 18.7. The fraction of sp³-hybridized carbons (Fsp3) is 0.0800. The van der Waals surface area contributed by atoms with Crippen LogP contribution < -0.4 is 10.1 Å². The number of hydrogen-bond acceptors (Lipinski definition) is 4. The molecule has 0 bridgehead atoms. The second-order valence-electron chi connectivity index (χ2n) is 6.97. The van der Waals surface area contributed by atoms with Gasteiger partial charge >= 0.3 is 5.97 Å². The molecule has 7 heteroatoms. The number of amides is 1. The van der Waals surface area contributed by atoms with Crippen LogP contribution in [0.2, 0.25) is 0 Å². The highest BCUT2D eigenvalue weighted by Gasteiger charge is 2.12. The molecule has 3 aromatic rings. The average molecular weight is 491 g/mol. The molecule has 0 heterocycles. The van der Waals surface area contributed by atoms with E-state index in [4.69, 9.17) is 9.84 Å². The van der Waals surface area contributed by atoms with Gasteiger partial charge in [0.05, 0.1) is 10.0 Å². The number of carbonyl (C=O) groups excluding carboxylic acids is 1. The number of carboxylic acid groups (broad SMARTS) is 1. The summed E-state index contributed by atoms with van der Waals surface area (Å²) >= 11 is 3.46. The van der Waals surface area contributed by atoms with Crippen LogP contribution in [0.15, 0.2) is 76.8 Å². The molecular formula is C25H19BrN2O4. The van der Waals surface area contributed by atoms with Gasteiger partial charge in [0.25, 0.3) is 5.91 Å². The third-order valence-electron chi connectivity index (χ3n) is 4.51. The van der Waals surface area contributed by atoms with Crippen molar-refractivity contribution in [1.82, 2.24) is 0 Å². The van der Waals surface area contributed by atoms with Crippen LogP contribution in [0.5, 0.6) is 5.75 Å². The van der Waals surface area contributed by atoms with E-state index in [2.05, 4.69) is 21.2 Å². The van der Waals surface area contributed by atoms with Crippen molar-refractivity contribution in [3.63, 3.8) is 0 Å². The number of anilines is 1. The van der Waals surface area contributed by atoms with Crippen molar-refractivity contribution in [2.45, 2.75) is 13.5 Å². The Morgan fingerprint density at radius 3 is 2.53 bits per heavy atom. The first-order valence-corrected chi connectivity index (χ1v) is 10.4. The highest BCUT2D eigenvalue weighted by molar-refractivity contribution is 9.10. The molecule has 0 atom stereocenters. The summed E-state index contributed by atoms with van der Waals surface area (Å²) in [6.07, 6.45) is 1.45. The van der Waals surface area contributed by atoms with E-state index in [1.165, 1.54) is 29.8 Å². The molecule has 0 aliphatic carbocycles. The summed E-state index contributed by atoms with van der Waals surface area (Å²) in [5.41, 5.74) is 3.06. The molecule has 32 heavy (non-hydrogen) atoms. The molecule has 2 N–H and O–H groups in total. The van der Waals surface area contributed by atoms with E-state index in [-0.39, 0.29) is 16.8 Å². The van der Waals surface area contributed by atoms with E-state index in [1.54, 1.807) is 24.3 Å². The van der Waals surface area contributed by atoms with E-state index >= 15 is 0 Å². The number of nitriles is 1. The van der Waals surface area contributed by atoms with E-state index in [0.717, 1.165) is 5.56 Å². The number of aromatic carboxylic acids is 1. The van der Waals surface area contributed by atoms with Gasteiger partial charge in [0.1, 0.15) is 24.0 Å². The molecule has 1 amide bonds. The molecule has 3 rings (SSSR count). The Hall–Kier alpha value is -3.89. The Morgan fingerprint density at radius 2 is 1.88 bits per heavy atom. The van der Waals surface area contributed by atoms with Crippen LogP contribution in [0, 0.1) is 18.3 Å². The van der Waals surface area contributed by atoms with Gasteiger partial charge in [-0.05, 0) is 70.4 Å². The van der Waals surface area contributed by atoms with Gasteiger partial charge in [-0.2, -0.15) is 5.26 Å². The van der Waals surface area contributed by atoms with Crippen LogP contribution in [0.3, 0.4) is 0 Å². The molecule has 6 nitrogen and oxygen atoms in total. The van der Waals surface area contributed by atoms with Crippen molar-refractivity contribution < 1.29 is 19.4 Å². The van der Waals surface area contributed by atoms with Gasteiger partial charge < -0.3 is 15.2 Å². The number of hydrogen-bond donors (Lipinski definition) is 2. The van der Waals surface area contributed by atoms with Crippen LogP contribution in [0.1, 0.15) is 27.0 Å². The molecule has 0 aromatic heterocycles. The van der Waals surface area contributed by atoms with E-state index in [9.17, 15) is 14.9 Å². The maximum Gasteiger partial charge on any atom is 0.335 e. The SMILES string of the molecule is Cc1ccc(COc2ccc(C=C(C#N)C(=O)Nc3cccc(C(=O)O)c3)cc2Br)cc1. The first kappa shape index (κ1) is 22.8. The Balaban J connectivity index is 1.71. The van der Waals surface area contributed by atoms with Gasteiger partial charge in [-0.1, -0.05) is 42.0 Å². The number of carboxylic acids is 1. The van der Waals surface area contributed by atoms with E-state index in [0.29, 0.717) is 22.4 Å². The zero-order valence-electron chi connectivity index (χ0n) is 17.1. The Bertz CT molecular complexity index is 1230. The lowest BCUT2D eigenvalue weighted by molar-refractivity contribution is -0.112. The lowest BCUT2D eigenvalue weighted by atomic mass is 10.1. The standard InChI is InChI=1S/C25H19BrN2O4/c1-16-5-7-17(8-6-16)15-32-23-10-9-18(12-22(23)26)11-20(14-27)24(29)28-21-4-2-3-19(13-21)25(30)31/h2-13H,15H2,1H3,(H,28,29)(H,30,31). The third kappa shape index (κ3) is 6.06. The summed E-state index contributed by atoms with van der Waals surface area (Å²) in [6.45, 7) is 2.44. The molecule has 0 aliphatic rings. The Morgan fingerprint density at radius 1 is 1.12 bits per heavy atom. The normalized spacial score (nSPS) is 10.8. The summed E-state index contributed by atoms with van der Waals surface area (Å²) < 4.78 is 6.53. The minimum Gasteiger partial charge on any atom is -0.488 e. The van der Waals surface area contributed by atoms with Gasteiger partial charge in [0, 0.05) is 5.69 Å². The monoisotopic (exact) mass is 490 g/mol. The van der Waals surface area contributed by atoms with Crippen molar-refractivity contribution >= 4 is 39.6 Å². The van der Waals surface area contributed by atoms with Crippen molar-refractivity contribution in [3.05, 3.63) is 99.0 Å². The third-order valence-corrected chi connectivity index (χ3v) is 5.13. The molecule has 0 aliphatic heterocycles. The van der Waals surface area contributed by atoms with Gasteiger partial charge in [0.15, 0.2) is 0 Å². The van der Waals surface area contributed by atoms with Crippen LogP contribution in [-0.4, -0.2) is 17.0 Å². The topological polar surface area (TPSA) is 99.4 Å². The van der Waals surface area contributed by atoms with Crippen LogP contribution >= 0.6 is 15.9 Å². The smallest absolute Gasteiger partial charge is 0.335 e. The van der Waals surface area contributed by atoms with Gasteiger partial charge in [0.2, 0.25) is 0 Å². The van der Waals surface area contributed by atoms with Crippen molar-refractivity contribution in [3.8, 4) is 11.8 Å². The first-order chi connectivity index (χ1) is 15.4. The molecule has 0 radical (unpaired) electrons. The molecule has 0 fully saturated rings. The number of halogens is 1. The highest BCUT2D eigenvalue weighted by Crippen LogP contribution is 2.28. The predicted octanol–water partition coefficient (Wildman–Crippen LogP) is 5.58. The quantitative estimate of drug-likeness (QED) is 0.332. The summed E-state index contributed by atoms with van der Waals surface area (Å²) in [4.78, 5) is 23.6. The number of nitrogens with one attached hydrogen (secondary N) is 1.